The van der Waals surface area contributed by atoms with Gasteiger partial charge in [-0.1, -0.05) is 10.3 Å². The van der Waals surface area contributed by atoms with E-state index >= 15 is 0 Å². The lowest BCUT2D eigenvalue weighted by atomic mass is 9.91. The topological polar surface area (TPSA) is 94.0 Å². The van der Waals surface area contributed by atoms with Crippen molar-refractivity contribution in [1.29, 1.82) is 0 Å². The molecule has 8 heteroatoms. The Bertz CT molecular complexity index is 897. The zero-order chi connectivity index (χ0) is 17.6. The molecule has 1 atom stereocenters. The van der Waals surface area contributed by atoms with E-state index in [2.05, 4.69) is 30.2 Å². The SMILES string of the molecule is Cc1noc(CN2CCC3(CC2)C[C@H]3c2nc(-c3cccnc3)no2)n1. The van der Waals surface area contributed by atoms with Crippen LogP contribution in [0.5, 0.6) is 0 Å². The first kappa shape index (κ1) is 15.6. The third kappa shape index (κ3) is 2.80. The molecule has 26 heavy (non-hydrogen) atoms. The molecule has 3 aromatic heterocycles. The molecule has 0 N–H and O–H groups in total. The van der Waals surface area contributed by atoms with E-state index in [-0.39, 0.29) is 0 Å². The fraction of sp³-hybridized carbons (Fsp3) is 0.500. The Hall–Kier alpha value is -2.61. The molecule has 3 aromatic rings. The zero-order valence-corrected chi connectivity index (χ0v) is 14.6. The van der Waals surface area contributed by atoms with Crippen LogP contribution in [0.25, 0.3) is 11.4 Å². The van der Waals surface area contributed by atoms with E-state index in [0.29, 0.717) is 28.9 Å². The average Bonchev–Trinajstić information content (AvgIpc) is 3.01. The van der Waals surface area contributed by atoms with E-state index in [1.165, 1.54) is 0 Å². The number of aryl methyl sites for hydroxylation is 1. The Morgan fingerprint density at radius 1 is 1.19 bits per heavy atom. The first-order valence-electron chi connectivity index (χ1n) is 8.97. The lowest BCUT2D eigenvalue weighted by Gasteiger charge is -2.31. The summed E-state index contributed by atoms with van der Waals surface area (Å²) in [5.41, 5.74) is 1.21. The average molecular weight is 352 g/mol. The molecule has 0 bridgehead atoms. The maximum Gasteiger partial charge on any atom is 0.240 e. The van der Waals surface area contributed by atoms with Gasteiger partial charge in [-0.05, 0) is 56.8 Å². The second-order valence-electron chi connectivity index (χ2n) is 7.33. The second kappa shape index (κ2) is 5.98. The van der Waals surface area contributed by atoms with Gasteiger partial charge < -0.3 is 9.05 Å². The molecule has 1 saturated carbocycles. The van der Waals surface area contributed by atoms with Gasteiger partial charge in [0.15, 0.2) is 5.82 Å². The molecule has 0 amide bonds. The number of likely N-dealkylation sites (tertiary alicyclic amines) is 1. The Labute approximate surface area is 150 Å². The molecule has 2 aliphatic rings. The maximum atomic E-state index is 5.56. The van der Waals surface area contributed by atoms with Crippen LogP contribution < -0.4 is 0 Å². The quantitative estimate of drug-likeness (QED) is 0.707. The van der Waals surface area contributed by atoms with Crippen molar-refractivity contribution >= 4 is 0 Å². The molecule has 134 valence electrons. The van der Waals surface area contributed by atoms with Crippen LogP contribution in [0, 0.1) is 12.3 Å². The van der Waals surface area contributed by atoms with Gasteiger partial charge in [-0.3, -0.25) is 9.88 Å². The molecular formula is C18H20N6O2. The van der Waals surface area contributed by atoms with E-state index in [9.17, 15) is 0 Å². The van der Waals surface area contributed by atoms with E-state index in [1.807, 2.05) is 19.1 Å². The van der Waals surface area contributed by atoms with Crippen molar-refractivity contribution in [2.24, 2.45) is 5.41 Å². The van der Waals surface area contributed by atoms with Crippen LogP contribution in [-0.2, 0) is 6.54 Å². The number of nitrogens with zero attached hydrogens (tertiary/aromatic N) is 6. The monoisotopic (exact) mass is 352 g/mol. The van der Waals surface area contributed by atoms with Gasteiger partial charge in [0.2, 0.25) is 17.6 Å². The van der Waals surface area contributed by atoms with E-state index in [4.69, 9.17) is 9.05 Å². The molecule has 0 radical (unpaired) electrons. The minimum atomic E-state index is 0.319. The van der Waals surface area contributed by atoms with Crippen molar-refractivity contribution in [2.75, 3.05) is 13.1 Å². The number of hydrogen-bond donors (Lipinski definition) is 0. The van der Waals surface area contributed by atoms with Crippen molar-refractivity contribution in [3.63, 3.8) is 0 Å². The first-order valence-corrected chi connectivity index (χ1v) is 8.97. The molecule has 5 rings (SSSR count). The van der Waals surface area contributed by atoms with Crippen LogP contribution in [0.1, 0.15) is 42.8 Å². The van der Waals surface area contributed by atoms with Crippen molar-refractivity contribution < 1.29 is 9.05 Å². The summed E-state index contributed by atoms with van der Waals surface area (Å²) in [5.74, 6) is 3.16. The summed E-state index contributed by atoms with van der Waals surface area (Å²) in [4.78, 5) is 15.4. The van der Waals surface area contributed by atoms with Gasteiger partial charge in [-0.15, -0.1) is 0 Å². The largest absolute Gasteiger partial charge is 0.339 e. The van der Waals surface area contributed by atoms with Crippen molar-refractivity contribution in [3.8, 4) is 11.4 Å². The fourth-order valence-electron chi connectivity index (χ4n) is 3.99. The van der Waals surface area contributed by atoms with E-state index < -0.39 is 0 Å². The molecule has 8 nitrogen and oxygen atoms in total. The van der Waals surface area contributed by atoms with Crippen LogP contribution >= 0.6 is 0 Å². The summed E-state index contributed by atoms with van der Waals surface area (Å²) < 4.78 is 10.8. The number of hydrogen-bond acceptors (Lipinski definition) is 8. The van der Waals surface area contributed by atoms with Gasteiger partial charge >= 0.3 is 0 Å². The molecule has 1 aliphatic heterocycles. The lowest BCUT2D eigenvalue weighted by Crippen LogP contribution is -2.34. The number of piperidine rings is 1. The summed E-state index contributed by atoms with van der Waals surface area (Å²) in [7, 11) is 0. The summed E-state index contributed by atoms with van der Waals surface area (Å²) in [6, 6.07) is 3.83. The minimum absolute atomic E-state index is 0.319. The van der Waals surface area contributed by atoms with Crippen LogP contribution in [-0.4, -0.2) is 43.3 Å². The first-order chi connectivity index (χ1) is 12.7. The van der Waals surface area contributed by atoms with Gasteiger partial charge in [0, 0.05) is 23.9 Å². The van der Waals surface area contributed by atoms with Gasteiger partial charge in [0.25, 0.3) is 0 Å². The van der Waals surface area contributed by atoms with Crippen LogP contribution in [0.4, 0.5) is 0 Å². The standard InChI is InChI=1S/C18H20N6O2/c1-12-20-15(25-22-12)11-24-7-4-18(5-8-24)9-14(18)17-21-16(23-26-17)13-3-2-6-19-10-13/h2-3,6,10,14H,4-5,7-9,11H2,1H3/t14-/m0/s1. The van der Waals surface area contributed by atoms with Crippen LogP contribution in [0.3, 0.4) is 0 Å². The highest BCUT2D eigenvalue weighted by Gasteiger charge is 2.58. The number of rotatable bonds is 4. The molecule has 2 fully saturated rings. The highest BCUT2D eigenvalue weighted by atomic mass is 16.5. The fourth-order valence-corrected chi connectivity index (χ4v) is 3.99. The zero-order valence-electron chi connectivity index (χ0n) is 14.6. The minimum Gasteiger partial charge on any atom is -0.339 e. The van der Waals surface area contributed by atoms with E-state index in [0.717, 1.165) is 50.4 Å². The Morgan fingerprint density at radius 2 is 2.08 bits per heavy atom. The third-order valence-electron chi connectivity index (χ3n) is 5.63. The predicted molar refractivity (Wildman–Crippen MR) is 90.9 cm³/mol. The number of pyridine rings is 1. The molecule has 1 spiro atoms. The van der Waals surface area contributed by atoms with Gasteiger partial charge in [0.05, 0.1) is 6.54 Å². The normalized spacial score (nSPS) is 22.0. The molecule has 4 heterocycles. The Balaban J connectivity index is 1.22. The maximum absolute atomic E-state index is 5.56. The van der Waals surface area contributed by atoms with Gasteiger partial charge in [-0.2, -0.15) is 9.97 Å². The van der Waals surface area contributed by atoms with Crippen molar-refractivity contribution in [1.82, 2.24) is 30.2 Å². The smallest absolute Gasteiger partial charge is 0.240 e. The lowest BCUT2D eigenvalue weighted by molar-refractivity contribution is 0.144. The summed E-state index contributed by atoms with van der Waals surface area (Å²) in [6.07, 6.45) is 6.90. The van der Waals surface area contributed by atoms with Gasteiger partial charge in [0.1, 0.15) is 0 Å². The van der Waals surface area contributed by atoms with Crippen LogP contribution in [0.2, 0.25) is 0 Å². The Kier molecular flexibility index (Phi) is 3.59. The Morgan fingerprint density at radius 3 is 2.81 bits per heavy atom. The molecular weight excluding hydrogens is 332 g/mol. The van der Waals surface area contributed by atoms with Gasteiger partial charge in [-0.25, -0.2) is 0 Å². The van der Waals surface area contributed by atoms with E-state index in [1.54, 1.807) is 12.4 Å². The third-order valence-corrected chi connectivity index (χ3v) is 5.63. The summed E-state index contributed by atoms with van der Waals surface area (Å²) in [5, 5.41) is 7.99. The predicted octanol–water partition coefficient (Wildman–Crippen LogP) is 2.59. The number of aromatic nitrogens is 5. The summed E-state index contributed by atoms with van der Waals surface area (Å²) in [6.45, 7) is 4.63. The molecule has 0 unspecified atom stereocenters. The highest BCUT2D eigenvalue weighted by Crippen LogP contribution is 2.64. The van der Waals surface area contributed by atoms with Crippen molar-refractivity contribution in [3.05, 3.63) is 42.1 Å². The highest BCUT2D eigenvalue weighted by molar-refractivity contribution is 5.52. The van der Waals surface area contributed by atoms with Crippen molar-refractivity contribution in [2.45, 2.75) is 38.6 Å². The molecule has 0 aromatic carbocycles. The summed E-state index contributed by atoms with van der Waals surface area (Å²) >= 11 is 0. The van der Waals surface area contributed by atoms with Crippen LogP contribution in [0.15, 0.2) is 33.6 Å². The molecule has 1 aliphatic carbocycles. The second-order valence-corrected chi connectivity index (χ2v) is 7.33. The molecule has 1 saturated heterocycles.